The van der Waals surface area contributed by atoms with Gasteiger partial charge in [-0.25, -0.2) is 0 Å². The summed E-state index contributed by atoms with van der Waals surface area (Å²) < 4.78 is 0. The molecule has 0 aliphatic heterocycles. The highest BCUT2D eigenvalue weighted by Crippen LogP contribution is 2.22. The maximum atomic E-state index is 10.4. The first-order valence-corrected chi connectivity index (χ1v) is 7.52. The van der Waals surface area contributed by atoms with Gasteiger partial charge in [0.1, 0.15) is 0 Å². The lowest BCUT2D eigenvalue weighted by Crippen LogP contribution is -1.95. The maximum absolute atomic E-state index is 10.4. The Labute approximate surface area is 139 Å². The van der Waals surface area contributed by atoms with Gasteiger partial charge in [0, 0.05) is 13.0 Å². The Bertz CT molecular complexity index is 573. The highest BCUT2D eigenvalue weighted by Gasteiger charge is 1.97. The molecular formula is C16H16Cl3NO. The Balaban J connectivity index is 0.000000211. The number of nitrogens with two attached hydrogens (primary N) is 1. The molecule has 2 N–H and O–H groups in total. The number of hydrogen-bond donors (Lipinski definition) is 1. The van der Waals surface area contributed by atoms with Crippen LogP contribution in [0.3, 0.4) is 0 Å². The predicted molar refractivity (Wildman–Crippen MR) is 90.0 cm³/mol. The second kappa shape index (κ2) is 9.80. The average molecular weight is 345 g/mol. The average Bonchev–Trinajstić information content (AvgIpc) is 2.50. The maximum Gasteiger partial charge on any atom is 0.221 e. The molecule has 2 aromatic carbocycles. The quantitative estimate of drug-likeness (QED) is 0.807. The van der Waals surface area contributed by atoms with Crippen molar-refractivity contribution in [3.05, 3.63) is 69.7 Å². The van der Waals surface area contributed by atoms with Crippen molar-refractivity contribution in [3.63, 3.8) is 0 Å². The van der Waals surface area contributed by atoms with Gasteiger partial charge in [0.05, 0.1) is 10.0 Å². The number of halogens is 3. The van der Waals surface area contributed by atoms with Crippen LogP contribution in [0.25, 0.3) is 0 Å². The van der Waals surface area contributed by atoms with Gasteiger partial charge in [0.15, 0.2) is 0 Å². The SMILES string of the molecule is NCc1ccc(Cl)c(Cl)c1.O=C(Cl)CCc1ccccc1. The summed E-state index contributed by atoms with van der Waals surface area (Å²) in [5.74, 6) is 0. The van der Waals surface area contributed by atoms with Crippen LogP contribution in [0, 0.1) is 0 Å². The van der Waals surface area contributed by atoms with Gasteiger partial charge < -0.3 is 5.73 Å². The third kappa shape index (κ3) is 7.49. The minimum atomic E-state index is -0.270. The third-order valence-electron chi connectivity index (χ3n) is 2.67. The lowest BCUT2D eigenvalue weighted by atomic mass is 10.1. The van der Waals surface area contributed by atoms with Crippen molar-refractivity contribution in [1.82, 2.24) is 0 Å². The van der Waals surface area contributed by atoms with Gasteiger partial charge in [-0.15, -0.1) is 0 Å². The predicted octanol–water partition coefficient (Wildman–Crippen LogP) is 4.84. The van der Waals surface area contributed by atoms with Crippen molar-refractivity contribution in [2.45, 2.75) is 19.4 Å². The molecule has 0 amide bonds. The van der Waals surface area contributed by atoms with Crippen LogP contribution in [-0.4, -0.2) is 5.24 Å². The number of aryl methyl sites for hydroxylation is 1. The zero-order valence-electron chi connectivity index (χ0n) is 11.4. The third-order valence-corrected chi connectivity index (χ3v) is 3.60. The molecule has 2 rings (SSSR count). The van der Waals surface area contributed by atoms with Crippen molar-refractivity contribution in [2.75, 3.05) is 0 Å². The minimum absolute atomic E-state index is 0.270. The second-order valence-electron chi connectivity index (χ2n) is 4.29. The summed E-state index contributed by atoms with van der Waals surface area (Å²) in [7, 11) is 0. The topological polar surface area (TPSA) is 43.1 Å². The summed E-state index contributed by atoms with van der Waals surface area (Å²) in [6.45, 7) is 0.497. The van der Waals surface area contributed by atoms with Crippen LogP contribution in [0.15, 0.2) is 48.5 Å². The molecule has 0 atom stereocenters. The minimum Gasteiger partial charge on any atom is -0.326 e. The summed E-state index contributed by atoms with van der Waals surface area (Å²) in [5.41, 5.74) is 7.52. The number of carbonyl (C=O) groups is 1. The van der Waals surface area contributed by atoms with E-state index >= 15 is 0 Å². The highest BCUT2D eigenvalue weighted by atomic mass is 35.5. The summed E-state index contributed by atoms with van der Waals surface area (Å²) in [6, 6.07) is 15.2. The molecule has 21 heavy (non-hydrogen) atoms. The molecule has 112 valence electrons. The van der Waals surface area contributed by atoms with Crippen LogP contribution in [0.4, 0.5) is 0 Å². The fourth-order valence-corrected chi connectivity index (χ4v) is 1.97. The van der Waals surface area contributed by atoms with Crippen LogP contribution in [-0.2, 0) is 17.8 Å². The first-order chi connectivity index (χ1) is 10.0. The molecule has 5 heteroatoms. The molecule has 0 aliphatic carbocycles. The van der Waals surface area contributed by atoms with E-state index in [0.29, 0.717) is 23.0 Å². The summed E-state index contributed by atoms with van der Waals surface area (Å²) in [4.78, 5) is 10.4. The Morgan fingerprint density at radius 1 is 0.952 bits per heavy atom. The van der Waals surface area contributed by atoms with Crippen molar-refractivity contribution >= 4 is 40.0 Å². The van der Waals surface area contributed by atoms with Crippen molar-refractivity contribution in [2.24, 2.45) is 5.73 Å². The van der Waals surface area contributed by atoms with Gasteiger partial charge in [-0.2, -0.15) is 0 Å². The number of hydrogen-bond acceptors (Lipinski definition) is 2. The first-order valence-electron chi connectivity index (χ1n) is 6.39. The smallest absolute Gasteiger partial charge is 0.221 e. The van der Waals surface area contributed by atoms with Crippen molar-refractivity contribution in [1.29, 1.82) is 0 Å². The lowest BCUT2D eigenvalue weighted by Gasteiger charge is -1.97. The van der Waals surface area contributed by atoms with E-state index in [9.17, 15) is 4.79 Å². The fraction of sp³-hybridized carbons (Fsp3) is 0.188. The highest BCUT2D eigenvalue weighted by molar-refractivity contribution is 6.63. The normalized spacial score (nSPS) is 9.71. The molecule has 0 radical (unpaired) electrons. The molecule has 0 saturated carbocycles. The standard InChI is InChI=1S/C9H9ClO.C7H7Cl2N/c10-9(11)7-6-8-4-2-1-3-5-8;8-6-2-1-5(4-10)3-7(6)9/h1-5H,6-7H2;1-3H,4,10H2. The van der Waals surface area contributed by atoms with Gasteiger partial charge in [-0.3, -0.25) is 4.79 Å². The van der Waals surface area contributed by atoms with E-state index < -0.39 is 0 Å². The monoisotopic (exact) mass is 343 g/mol. The van der Waals surface area contributed by atoms with Gasteiger partial charge in [0.2, 0.25) is 5.24 Å². The van der Waals surface area contributed by atoms with E-state index in [2.05, 4.69) is 0 Å². The molecule has 0 unspecified atom stereocenters. The molecular weight excluding hydrogens is 329 g/mol. The zero-order chi connectivity index (χ0) is 15.7. The fourth-order valence-electron chi connectivity index (χ4n) is 1.55. The van der Waals surface area contributed by atoms with Gasteiger partial charge in [-0.1, -0.05) is 59.6 Å². The van der Waals surface area contributed by atoms with Crippen LogP contribution in [0.2, 0.25) is 10.0 Å². The van der Waals surface area contributed by atoms with Crippen LogP contribution >= 0.6 is 34.8 Å². The van der Waals surface area contributed by atoms with E-state index in [1.165, 1.54) is 0 Å². The molecule has 0 bridgehead atoms. The van der Waals surface area contributed by atoms with E-state index in [1.807, 2.05) is 36.4 Å². The molecule has 0 spiro atoms. The largest absolute Gasteiger partial charge is 0.326 e. The van der Waals surface area contributed by atoms with Crippen molar-refractivity contribution < 1.29 is 4.79 Å². The van der Waals surface area contributed by atoms with E-state index in [-0.39, 0.29) is 5.24 Å². The van der Waals surface area contributed by atoms with Gasteiger partial charge in [-0.05, 0) is 41.3 Å². The number of rotatable bonds is 4. The Hall–Kier alpha value is -1.06. The molecule has 2 nitrogen and oxygen atoms in total. The summed E-state index contributed by atoms with van der Waals surface area (Å²) >= 11 is 16.6. The Kier molecular flexibility index (Phi) is 8.40. The van der Waals surface area contributed by atoms with E-state index in [1.54, 1.807) is 12.1 Å². The first kappa shape index (κ1) is 18.0. The Morgan fingerprint density at radius 2 is 1.62 bits per heavy atom. The molecule has 0 saturated heterocycles. The Morgan fingerprint density at radius 3 is 2.14 bits per heavy atom. The molecule has 0 fully saturated rings. The van der Waals surface area contributed by atoms with Crippen molar-refractivity contribution in [3.8, 4) is 0 Å². The second-order valence-corrected chi connectivity index (χ2v) is 5.53. The van der Waals surface area contributed by atoms with Gasteiger partial charge >= 0.3 is 0 Å². The summed E-state index contributed by atoms with van der Waals surface area (Å²) in [6.07, 6.45) is 1.16. The lowest BCUT2D eigenvalue weighted by molar-refractivity contribution is -0.111. The van der Waals surface area contributed by atoms with E-state index in [0.717, 1.165) is 17.5 Å². The molecule has 0 heterocycles. The number of benzene rings is 2. The van der Waals surface area contributed by atoms with E-state index in [4.69, 9.17) is 40.5 Å². The zero-order valence-corrected chi connectivity index (χ0v) is 13.6. The van der Waals surface area contributed by atoms with Crippen LogP contribution in [0.1, 0.15) is 17.5 Å². The van der Waals surface area contributed by atoms with Crippen LogP contribution in [0.5, 0.6) is 0 Å². The molecule has 0 aromatic heterocycles. The molecule has 2 aromatic rings. The van der Waals surface area contributed by atoms with Crippen LogP contribution < -0.4 is 5.73 Å². The number of carbonyl (C=O) groups excluding carboxylic acids is 1. The summed E-state index contributed by atoms with van der Waals surface area (Å²) in [5, 5.41) is 0.859. The van der Waals surface area contributed by atoms with Gasteiger partial charge in [0.25, 0.3) is 0 Å². The molecule has 0 aliphatic rings.